The van der Waals surface area contributed by atoms with E-state index in [-0.39, 0.29) is 10.8 Å². The van der Waals surface area contributed by atoms with Crippen LogP contribution in [0.4, 0.5) is 11.4 Å². The van der Waals surface area contributed by atoms with Gasteiger partial charge >= 0.3 is 0 Å². The highest BCUT2D eigenvalue weighted by Gasteiger charge is 2.42. The van der Waals surface area contributed by atoms with Gasteiger partial charge in [0.15, 0.2) is 0 Å². The summed E-state index contributed by atoms with van der Waals surface area (Å²) in [7, 11) is 0. The molecule has 0 spiro atoms. The van der Waals surface area contributed by atoms with Gasteiger partial charge < -0.3 is 10.6 Å². The van der Waals surface area contributed by atoms with Gasteiger partial charge in [-0.15, -0.1) is 0 Å². The van der Waals surface area contributed by atoms with Crippen molar-refractivity contribution in [2.45, 2.75) is 71.1 Å². The molecule has 22 heavy (non-hydrogen) atoms. The normalized spacial score (nSPS) is 23.5. The molecular weight excluding hydrogens is 288 g/mol. The fourth-order valence-corrected chi connectivity index (χ4v) is 4.09. The summed E-state index contributed by atoms with van der Waals surface area (Å²) < 4.78 is 0. The predicted octanol–water partition coefficient (Wildman–Crippen LogP) is 5.36. The molecule has 0 saturated carbocycles. The third kappa shape index (κ3) is 3.10. The van der Waals surface area contributed by atoms with Gasteiger partial charge in [0.2, 0.25) is 0 Å². The molecule has 2 rings (SSSR count). The summed E-state index contributed by atoms with van der Waals surface area (Å²) in [6.07, 6.45) is 5.17. The fraction of sp³-hybridized carbons (Fsp3) is 0.684. The zero-order valence-corrected chi connectivity index (χ0v) is 15.7. The van der Waals surface area contributed by atoms with Crippen molar-refractivity contribution in [3.8, 4) is 0 Å². The van der Waals surface area contributed by atoms with Crippen molar-refractivity contribution >= 4 is 24.0 Å². The van der Waals surface area contributed by atoms with Crippen LogP contribution in [0.2, 0.25) is 0 Å². The smallest absolute Gasteiger partial charge is 0.0418 e. The Kier molecular flexibility index (Phi) is 5.37. The van der Waals surface area contributed by atoms with Crippen LogP contribution < -0.4 is 10.6 Å². The highest BCUT2D eigenvalue weighted by atomic mass is 32.1. The zero-order valence-electron chi connectivity index (χ0n) is 14.8. The molecule has 0 radical (unpaired) electrons. The van der Waals surface area contributed by atoms with Gasteiger partial charge in [-0.3, -0.25) is 0 Å². The number of nitrogen functional groups attached to an aromatic ring is 1. The largest absolute Gasteiger partial charge is 0.399 e. The lowest BCUT2D eigenvalue weighted by Crippen LogP contribution is -2.53. The van der Waals surface area contributed by atoms with Gasteiger partial charge in [0.1, 0.15) is 0 Å². The summed E-state index contributed by atoms with van der Waals surface area (Å²) in [4.78, 5) is 2.60. The van der Waals surface area contributed by atoms with Crippen LogP contribution in [0.25, 0.3) is 0 Å². The first-order chi connectivity index (χ1) is 10.3. The Bertz CT molecular complexity index is 524. The number of hydrogen-bond acceptors (Lipinski definition) is 3. The monoisotopic (exact) mass is 320 g/mol. The quantitative estimate of drug-likeness (QED) is 0.434. The highest BCUT2D eigenvalue weighted by Crippen LogP contribution is 2.49. The SMILES string of the molecule is CCCCCCN1c2cc(C)c(N)cc2C(S)C(C)C1(C)C. The molecule has 3 heteroatoms. The van der Waals surface area contributed by atoms with E-state index < -0.39 is 0 Å². The minimum Gasteiger partial charge on any atom is -0.399 e. The summed E-state index contributed by atoms with van der Waals surface area (Å²) in [5.41, 5.74) is 11.0. The Morgan fingerprint density at radius 3 is 2.55 bits per heavy atom. The third-order valence-corrected chi connectivity index (χ3v) is 6.27. The molecule has 2 atom stereocenters. The van der Waals surface area contributed by atoms with E-state index in [1.807, 2.05) is 0 Å². The molecule has 1 aromatic rings. The molecule has 2 unspecified atom stereocenters. The number of nitrogens with zero attached hydrogens (tertiary/aromatic N) is 1. The molecule has 124 valence electrons. The van der Waals surface area contributed by atoms with Crippen LogP contribution >= 0.6 is 12.6 Å². The Hall–Kier alpha value is -0.830. The lowest BCUT2D eigenvalue weighted by Gasteiger charge is -2.52. The van der Waals surface area contributed by atoms with Crippen LogP contribution in [0.15, 0.2) is 12.1 Å². The number of fused-ring (bicyclic) bond motifs is 1. The van der Waals surface area contributed by atoms with E-state index in [1.54, 1.807) is 0 Å². The number of nitrogens with two attached hydrogens (primary N) is 1. The van der Waals surface area contributed by atoms with Gasteiger partial charge in [-0.05, 0) is 56.4 Å². The predicted molar refractivity (Wildman–Crippen MR) is 102 cm³/mol. The van der Waals surface area contributed by atoms with Gasteiger partial charge in [0.05, 0.1) is 0 Å². The summed E-state index contributed by atoms with van der Waals surface area (Å²) in [6.45, 7) is 12.5. The Balaban J connectivity index is 2.37. The molecule has 2 N–H and O–H groups in total. The number of thiol groups is 1. The first-order valence-corrected chi connectivity index (χ1v) is 9.18. The number of benzene rings is 1. The van der Waals surface area contributed by atoms with Crippen LogP contribution in [0.3, 0.4) is 0 Å². The maximum Gasteiger partial charge on any atom is 0.0418 e. The van der Waals surface area contributed by atoms with E-state index in [4.69, 9.17) is 18.4 Å². The van der Waals surface area contributed by atoms with Gasteiger partial charge in [-0.25, -0.2) is 0 Å². The minimum atomic E-state index is 0.119. The van der Waals surface area contributed by atoms with Crippen molar-refractivity contribution in [2.24, 2.45) is 5.92 Å². The van der Waals surface area contributed by atoms with Gasteiger partial charge in [-0.1, -0.05) is 33.1 Å². The second-order valence-electron chi connectivity index (χ2n) is 7.37. The van der Waals surface area contributed by atoms with Crippen molar-refractivity contribution < 1.29 is 0 Å². The summed E-state index contributed by atoms with van der Waals surface area (Å²) in [6, 6.07) is 4.41. The number of hydrogen-bond donors (Lipinski definition) is 2. The van der Waals surface area contributed by atoms with Crippen LogP contribution in [-0.2, 0) is 0 Å². The van der Waals surface area contributed by atoms with E-state index in [9.17, 15) is 0 Å². The first-order valence-electron chi connectivity index (χ1n) is 8.66. The molecule has 0 saturated heterocycles. The Morgan fingerprint density at radius 1 is 1.23 bits per heavy atom. The van der Waals surface area contributed by atoms with E-state index in [0.29, 0.717) is 5.92 Å². The molecule has 1 heterocycles. The van der Waals surface area contributed by atoms with Gasteiger partial charge in [0, 0.05) is 28.7 Å². The van der Waals surface area contributed by atoms with E-state index in [0.717, 1.165) is 12.2 Å². The summed E-state index contributed by atoms with van der Waals surface area (Å²) in [5.74, 6) is 0.483. The lowest BCUT2D eigenvalue weighted by molar-refractivity contribution is 0.294. The number of unbranched alkanes of at least 4 members (excludes halogenated alkanes) is 3. The molecule has 0 bridgehead atoms. The van der Waals surface area contributed by atoms with Crippen molar-refractivity contribution in [3.63, 3.8) is 0 Å². The molecular formula is C19H32N2S. The second-order valence-corrected chi connectivity index (χ2v) is 7.92. The van der Waals surface area contributed by atoms with Crippen LogP contribution in [0, 0.1) is 12.8 Å². The molecule has 0 aromatic heterocycles. The van der Waals surface area contributed by atoms with E-state index in [1.165, 1.54) is 42.5 Å². The van der Waals surface area contributed by atoms with Crippen LogP contribution in [0.1, 0.15) is 69.8 Å². The molecule has 0 amide bonds. The topological polar surface area (TPSA) is 29.3 Å². The maximum absolute atomic E-state index is 6.15. The summed E-state index contributed by atoms with van der Waals surface area (Å²) in [5, 5.41) is 0.250. The van der Waals surface area contributed by atoms with Crippen molar-refractivity contribution in [3.05, 3.63) is 23.3 Å². The maximum atomic E-state index is 6.15. The van der Waals surface area contributed by atoms with Gasteiger partial charge in [-0.2, -0.15) is 12.6 Å². The minimum absolute atomic E-state index is 0.119. The molecule has 1 aliphatic heterocycles. The standard InChI is InChI=1S/C19H32N2S/c1-6-7-8-9-10-21-17-11-13(2)16(20)12-15(17)18(22)14(3)19(21,4)5/h11-12,14,18,22H,6-10,20H2,1-5H3. The molecule has 0 fully saturated rings. The number of aryl methyl sites for hydroxylation is 1. The summed E-state index contributed by atoms with van der Waals surface area (Å²) >= 11 is 4.91. The number of rotatable bonds is 5. The highest BCUT2D eigenvalue weighted by molar-refractivity contribution is 7.80. The average Bonchev–Trinajstić information content (AvgIpc) is 2.47. The van der Waals surface area contributed by atoms with Crippen LogP contribution in [-0.4, -0.2) is 12.1 Å². The fourth-order valence-electron chi connectivity index (χ4n) is 3.51. The van der Waals surface area contributed by atoms with E-state index >= 15 is 0 Å². The molecule has 0 aliphatic carbocycles. The Labute approximate surface area is 141 Å². The molecule has 2 nitrogen and oxygen atoms in total. The van der Waals surface area contributed by atoms with Crippen molar-refractivity contribution in [1.29, 1.82) is 0 Å². The second kappa shape index (κ2) is 6.74. The van der Waals surface area contributed by atoms with Gasteiger partial charge in [0.25, 0.3) is 0 Å². The average molecular weight is 321 g/mol. The van der Waals surface area contributed by atoms with Crippen molar-refractivity contribution in [2.75, 3.05) is 17.2 Å². The third-order valence-electron chi connectivity index (χ3n) is 5.54. The number of anilines is 2. The lowest BCUT2D eigenvalue weighted by atomic mass is 9.77. The van der Waals surface area contributed by atoms with Crippen LogP contribution in [0.5, 0.6) is 0 Å². The van der Waals surface area contributed by atoms with E-state index in [2.05, 4.69) is 51.7 Å². The molecule has 1 aromatic carbocycles. The Morgan fingerprint density at radius 2 is 1.91 bits per heavy atom. The van der Waals surface area contributed by atoms with Crippen molar-refractivity contribution in [1.82, 2.24) is 0 Å². The zero-order chi connectivity index (χ0) is 16.5. The first kappa shape index (κ1) is 17.5. The molecule has 1 aliphatic rings.